The summed E-state index contributed by atoms with van der Waals surface area (Å²) in [6, 6.07) is 8.38. The van der Waals surface area contributed by atoms with Crippen molar-refractivity contribution < 1.29 is 5.11 Å². The Bertz CT molecular complexity index is 561. The molecular formula is C16H22N2O. The fraction of sp³-hybridized carbons (Fsp3) is 0.562. The smallest absolute Gasteiger partial charge is 0.110 e. The minimum atomic E-state index is -0.0889. The van der Waals surface area contributed by atoms with Gasteiger partial charge in [0, 0.05) is 13.0 Å². The average molecular weight is 258 g/mol. The van der Waals surface area contributed by atoms with Gasteiger partial charge >= 0.3 is 0 Å². The highest BCUT2D eigenvalue weighted by Crippen LogP contribution is 2.29. The van der Waals surface area contributed by atoms with Crippen molar-refractivity contribution in [1.82, 2.24) is 9.55 Å². The summed E-state index contributed by atoms with van der Waals surface area (Å²) in [4.78, 5) is 4.80. The molecule has 1 N–H and O–H groups in total. The lowest BCUT2D eigenvalue weighted by Crippen LogP contribution is -2.09. The van der Waals surface area contributed by atoms with Crippen molar-refractivity contribution in [3.8, 4) is 0 Å². The van der Waals surface area contributed by atoms with Crippen LogP contribution < -0.4 is 0 Å². The van der Waals surface area contributed by atoms with E-state index in [4.69, 9.17) is 4.98 Å². The van der Waals surface area contributed by atoms with Crippen LogP contribution in [0.15, 0.2) is 24.3 Å². The van der Waals surface area contributed by atoms with Gasteiger partial charge in [0.1, 0.15) is 5.82 Å². The molecule has 0 amide bonds. The molecule has 1 heterocycles. The third-order valence-electron chi connectivity index (χ3n) is 4.17. The molecule has 3 nitrogen and oxygen atoms in total. The number of rotatable bonds is 4. The van der Waals surface area contributed by atoms with Crippen LogP contribution in [0, 0.1) is 5.92 Å². The van der Waals surface area contributed by atoms with E-state index in [1.54, 1.807) is 0 Å². The Morgan fingerprint density at radius 2 is 2.16 bits per heavy atom. The second kappa shape index (κ2) is 5.33. The monoisotopic (exact) mass is 258 g/mol. The molecule has 0 spiro atoms. The Morgan fingerprint density at radius 1 is 1.32 bits per heavy atom. The molecule has 102 valence electrons. The number of aryl methyl sites for hydroxylation is 1. The molecule has 2 unspecified atom stereocenters. The number of aromatic nitrogens is 2. The van der Waals surface area contributed by atoms with Crippen molar-refractivity contribution in [3.63, 3.8) is 0 Å². The minimum absolute atomic E-state index is 0.0889. The standard InChI is InChI=1S/C16H22N2O/c1-2-9-18-15-6-4-3-5-14(15)17-16(18)11-12-7-8-13(19)10-12/h3-6,12-13,19H,2,7-11H2,1H3. The van der Waals surface area contributed by atoms with Gasteiger partial charge in [0.25, 0.3) is 0 Å². The van der Waals surface area contributed by atoms with Crippen LogP contribution in [0.3, 0.4) is 0 Å². The number of fused-ring (bicyclic) bond motifs is 1. The number of para-hydroxylation sites is 2. The second-order valence-electron chi connectivity index (χ2n) is 5.71. The van der Waals surface area contributed by atoms with Crippen LogP contribution in [-0.2, 0) is 13.0 Å². The predicted molar refractivity (Wildman–Crippen MR) is 77.1 cm³/mol. The molecule has 1 fully saturated rings. The normalized spacial score (nSPS) is 23.3. The molecular weight excluding hydrogens is 236 g/mol. The summed E-state index contributed by atoms with van der Waals surface area (Å²) in [6.45, 7) is 3.24. The summed E-state index contributed by atoms with van der Waals surface area (Å²) in [5.74, 6) is 1.80. The van der Waals surface area contributed by atoms with Crippen LogP contribution >= 0.6 is 0 Å². The van der Waals surface area contributed by atoms with E-state index in [2.05, 4.69) is 35.8 Å². The van der Waals surface area contributed by atoms with Gasteiger partial charge in [-0.3, -0.25) is 0 Å². The van der Waals surface area contributed by atoms with Crippen LogP contribution in [0.2, 0.25) is 0 Å². The van der Waals surface area contributed by atoms with E-state index in [1.807, 2.05) is 0 Å². The Morgan fingerprint density at radius 3 is 2.89 bits per heavy atom. The van der Waals surface area contributed by atoms with Crippen molar-refractivity contribution in [2.45, 2.75) is 51.7 Å². The molecule has 1 aromatic carbocycles. The highest BCUT2D eigenvalue weighted by molar-refractivity contribution is 5.75. The van der Waals surface area contributed by atoms with E-state index in [9.17, 15) is 5.11 Å². The number of hydrogen-bond donors (Lipinski definition) is 1. The third-order valence-corrected chi connectivity index (χ3v) is 4.17. The number of imidazole rings is 1. The molecule has 1 aliphatic carbocycles. The van der Waals surface area contributed by atoms with Gasteiger partial charge in [0.05, 0.1) is 17.1 Å². The second-order valence-corrected chi connectivity index (χ2v) is 5.71. The first-order chi connectivity index (χ1) is 9.28. The summed E-state index contributed by atoms with van der Waals surface area (Å²) < 4.78 is 2.36. The number of aliphatic hydroxyl groups excluding tert-OH is 1. The highest BCUT2D eigenvalue weighted by Gasteiger charge is 2.24. The number of benzene rings is 1. The number of nitrogens with zero attached hydrogens (tertiary/aromatic N) is 2. The summed E-state index contributed by atoms with van der Waals surface area (Å²) >= 11 is 0. The SMILES string of the molecule is CCCn1c(CC2CCC(O)C2)nc2ccccc21. The number of aliphatic hydroxyl groups is 1. The maximum absolute atomic E-state index is 9.66. The van der Waals surface area contributed by atoms with Gasteiger partial charge < -0.3 is 9.67 Å². The Balaban J connectivity index is 1.90. The van der Waals surface area contributed by atoms with Gasteiger partial charge in [-0.05, 0) is 43.7 Å². The first-order valence-electron chi connectivity index (χ1n) is 7.40. The lowest BCUT2D eigenvalue weighted by atomic mass is 10.0. The zero-order chi connectivity index (χ0) is 13.2. The molecule has 19 heavy (non-hydrogen) atoms. The maximum Gasteiger partial charge on any atom is 0.110 e. The van der Waals surface area contributed by atoms with Gasteiger partial charge in [0.15, 0.2) is 0 Å². The lowest BCUT2D eigenvalue weighted by Gasteiger charge is -2.11. The minimum Gasteiger partial charge on any atom is -0.393 e. The summed E-state index contributed by atoms with van der Waals surface area (Å²) in [6.07, 6.45) is 5.07. The van der Waals surface area contributed by atoms with Crippen LogP contribution in [0.4, 0.5) is 0 Å². The average Bonchev–Trinajstić information content (AvgIpc) is 2.96. The van der Waals surface area contributed by atoms with Crippen molar-refractivity contribution in [3.05, 3.63) is 30.1 Å². The number of hydrogen-bond acceptors (Lipinski definition) is 2. The van der Waals surface area contributed by atoms with Crippen molar-refractivity contribution in [2.75, 3.05) is 0 Å². The van der Waals surface area contributed by atoms with Crippen LogP contribution in [0.1, 0.15) is 38.4 Å². The molecule has 2 aromatic rings. The van der Waals surface area contributed by atoms with Gasteiger partial charge in [-0.2, -0.15) is 0 Å². The van der Waals surface area contributed by atoms with Gasteiger partial charge in [0.2, 0.25) is 0 Å². The molecule has 1 saturated carbocycles. The fourth-order valence-electron chi connectivity index (χ4n) is 3.25. The molecule has 1 aliphatic rings. The molecule has 0 aliphatic heterocycles. The first-order valence-corrected chi connectivity index (χ1v) is 7.40. The Labute approximate surface area is 114 Å². The molecule has 0 saturated heterocycles. The predicted octanol–water partition coefficient (Wildman–Crippen LogP) is 3.15. The van der Waals surface area contributed by atoms with Crippen LogP contribution in [0.5, 0.6) is 0 Å². The van der Waals surface area contributed by atoms with E-state index in [1.165, 1.54) is 11.3 Å². The largest absolute Gasteiger partial charge is 0.393 e. The maximum atomic E-state index is 9.66. The Hall–Kier alpha value is -1.35. The molecule has 0 bridgehead atoms. The first kappa shape index (κ1) is 12.7. The molecule has 1 aromatic heterocycles. The van der Waals surface area contributed by atoms with Crippen molar-refractivity contribution in [1.29, 1.82) is 0 Å². The van der Waals surface area contributed by atoms with Gasteiger partial charge in [-0.1, -0.05) is 19.1 Å². The van der Waals surface area contributed by atoms with E-state index < -0.39 is 0 Å². The van der Waals surface area contributed by atoms with Gasteiger partial charge in [-0.15, -0.1) is 0 Å². The van der Waals surface area contributed by atoms with Gasteiger partial charge in [-0.25, -0.2) is 4.98 Å². The van der Waals surface area contributed by atoms with Crippen molar-refractivity contribution in [2.24, 2.45) is 5.92 Å². The molecule has 2 atom stereocenters. The summed E-state index contributed by atoms with van der Waals surface area (Å²) in [5.41, 5.74) is 2.35. The quantitative estimate of drug-likeness (QED) is 0.914. The zero-order valence-electron chi connectivity index (χ0n) is 11.5. The summed E-state index contributed by atoms with van der Waals surface area (Å²) in [5, 5.41) is 9.66. The molecule has 0 radical (unpaired) electrons. The van der Waals surface area contributed by atoms with Crippen molar-refractivity contribution >= 4 is 11.0 Å². The Kier molecular flexibility index (Phi) is 3.56. The van der Waals surface area contributed by atoms with E-state index in [-0.39, 0.29) is 6.10 Å². The molecule has 3 heteroatoms. The highest BCUT2D eigenvalue weighted by atomic mass is 16.3. The summed E-state index contributed by atoms with van der Waals surface area (Å²) in [7, 11) is 0. The third kappa shape index (κ3) is 2.52. The van der Waals surface area contributed by atoms with E-state index >= 15 is 0 Å². The zero-order valence-corrected chi connectivity index (χ0v) is 11.5. The molecule has 3 rings (SSSR count). The lowest BCUT2D eigenvalue weighted by molar-refractivity contribution is 0.177. The van der Waals surface area contributed by atoms with Crippen LogP contribution in [-0.4, -0.2) is 20.8 Å². The fourth-order valence-corrected chi connectivity index (χ4v) is 3.25. The van der Waals surface area contributed by atoms with E-state index in [0.29, 0.717) is 5.92 Å². The van der Waals surface area contributed by atoms with Crippen LogP contribution in [0.25, 0.3) is 11.0 Å². The van der Waals surface area contributed by atoms with E-state index in [0.717, 1.165) is 44.2 Å². The topological polar surface area (TPSA) is 38.0 Å².